The summed E-state index contributed by atoms with van der Waals surface area (Å²) in [5.41, 5.74) is 9.31. The standard InChI is InChI=1S/C27H24N4/c1-31-14-11-19-9-10-20(15-26(19)31)23-16-21(17-25-27(23)29-13-12-28-25)30-24-8-4-6-18-5-2-3-7-22(18)24/h2-3,5,7,9-17,24,30H,4,6,8H2,1H3/t24-/m1/s1. The zero-order valence-electron chi connectivity index (χ0n) is 17.5. The van der Waals surface area contributed by atoms with Crippen LogP contribution in [0.4, 0.5) is 5.69 Å². The van der Waals surface area contributed by atoms with E-state index in [1.807, 2.05) is 0 Å². The first-order valence-corrected chi connectivity index (χ1v) is 10.9. The van der Waals surface area contributed by atoms with Crippen LogP contribution in [0.15, 0.2) is 79.3 Å². The monoisotopic (exact) mass is 404 g/mol. The largest absolute Gasteiger partial charge is 0.378 e. The highest BCUT2D eigenvalue weighted by atomic mass is 14.9. The first kappa shape index (κ1) is 18.1. The minimum Gasteiger partial charge on any atom is -0.378 e. The number of hydrogen-bond donors (Lipinski definition) is 1. The summed E-state index contributed by atoms with van der Waals surface area (Å²) in [6.07, 6.45) is 9.16. The van der Waals surface area contributed by atoms with E-state index in [1.54, 1.807) is 12.4 Å². The molecule has 3 aromatic carbocycles. The Labute approximate surface area is 181 Å². The average molecular weight is 405 g/mol. The Hall–Kier alpha value is -3.66. The van der Waals surface area contributed by atoms with Gasteiger partial charge in [0, 0.05) is 42.4 Å². The molecule has 1 aliphatic carbocycles. The van der Waals surface area contributed by atoms with E-state index in [9.17, 15) is 0 Å². The predicted octanol–water partition coefficient (Wildman–Crippen LogP) is 6.28. The third-order valence-electron chi connectivity index (χ3n) is 6.48. The van der Waals surface area contributed by atoms with Gasteiger partial charge in [0.2, 0.25) is 0 Å². The fraction of sp³-hybridized carbons (Fsp3) is 0.185. The normalized spacial score (nSPS) is 15.8. The summed E-state index contributed by atoms with van der Waals surface area (Å²) in [7, 11) is 2.09. The zero-order chi connectivity index (χ0) is 20.8. The number of nitrogens with one attached hydrogen (secondary N) is 1. The van der Waals surface area contributed by atoms with E-state index >= 15 is 0 Å². The summed E-state index contributed by atoms with van der Waals surface area (Å²) in [4.78, 5) is 9.30. The molecule has 1 aliphatic rings. The Morgan fingerprint density at radius 3 is 2.84 bits per heavy atom. The molecule has 1 N–H and O–H groups in total. The highest BCUT2D eigenvalue weighted by molar-refractivity contribution is 5.97. The molecular formula is C27H24N4. The molecule has 31 heavy (non-hydrogen) atoms. The molecular weight excluding hydrogens is 380 g/mol. The lowest BCUT2D eigenvalue weighted by atomic mass is 9.87. The fourth-order valence-electron chi connectivity index (χ4n) is 4.91. The molecule has 4 nitrogen and oxygen atoms in total. The molecule has 5 aromatic rings. The minimum absolute atomic E-state index is 0.322. The minimum atomic E-state index is 0.322. The molecule has 0 saturated carbocycles. The van der Waals surface area contributed by atoms with E-state index in [-0.39, 0.29) is 0 Å². The van der Waals surface area contributed by atoms with Gasteiger partial charge in [-0.25, -0.2) is 0 Å². The molecule has 2 heterocycles. The topological polar surface area (TPSA) is 42.7 Å². The van der Waals surface area contributed by atoms with E-state index < -0.39 is 0 Å². The molecule has 0 spiro atoms. The predicted molar refractivity (Wildman–Crippen MR) is 127 cm³/mol. The van der Waals surface area contributed by atoms with Crippen molar-refractivity contribution in [2.24, 2.45) is 7.05 Å². The van der Waals surface area contributed by atoms with Crippen LogP contribution in [0.1, 0.15) is 30.0 Å². The van der Waals surface area contributed by atoms with Gasteiger partial charge in [0.15, 0.2) is 0 Å². The number of nitrogens with zero attached hydrogens (tertiary/aromatic N) is 3. The van der Waals surface area contributed by atoms with Crippen molar-refractivity contribution in [1.29, 1.82) is 0 Å². The number of rotatable bonds is 3. The van der Waals surface area contributed by atoms with E-state index in [1.165, 1.54) is 34.9 Å². The molecule has 0 unspecified atom stereocenters. The Balaban J connectivity index is 1.47. The molecule has 6 rings (SSSR count). The summed E-state index contributed by atoms with van der Waals surface area (Å²) in [6.45, 7) is 0. The smallest absolute Gasteiger partial charge is 0.0966 e. The van der Waals surface area contributed by atoms with Gasteiger partial charge in [-0.2, -0.15) is 0 Å². The third kappa shape index (κ3) is 3.15. The second-order valence-corrected chi connectivity index (χ2v) is 8.44. The lowest BCUT2D eigenvalue weighted by Crippen LogP contribution is -2.17. The van der Waals surface area contributed by atoms with Crippen LogP contribution in [0.5, 0.6) is 0 Å². The molecule has 0 saturated heterocycles. The van der Waals surface area contributed by atoms with Crippen molar-refractivity contribution in [3.8, 4) is 11.1 Å². The molecule has 152 valence electrons. The second-order valence-electron chi connectivity index (χ2n) is 8.44. The van der Waals surface area contributed by atoms with Gasteiger partial charge in [-0.05, 0) is 65.6 Å². The van der Waals surface area contributed by atoms with Crippen LogP contribution in [-0.2, 0) is 13.5 Å². The van der Waals surface area contributed by atoms with Crippen molar-refractivity contribution in [2.75, 3.05) is 5.32 Å². The lowest BCUT2D eigenvalue weighted by molar-refractivity contribution is 0.600. The highest BCUT2D eigenvalue weighted by Crippen LogP contribution is 2.36. The Morgan fingerprint density at radius 1 is 0.968 bits per heavy atom. The van der Waals surface area contributed by atoms with Gasteiger partial charge < -0.3 is 9.88 Å². The lowest BCUT2D eigenvalue weighted by Gasteiger charge is -2.27. The number of aryl methyl sites for hydroxylation is 2. The van der Waals surface area contributed by atoms with Gasteiger partial charge in [0.25, 0.3) is 0 Å². The summed E-state index contributed by atoms with van der Waals surface area (Å²) >= 11 is 0. The van der Waals surface area contributed by atoms with E-state index in [0.717, 1.165) is 34.3 Å². The molecule has 0 fully saturated rings. The van der Waals surface area contributed by atoms with Crippen LogP contribution in [0.3, 0.4) is 0 Å². The molecule has 0 radical (unpaired) electrons. The number of fused-ring (bicyclic) bond motifs is 3. The number of hydrogen-bond acceptors (Lipinski definition) is 3. The average Bonchev–Trinajstić information content (AvgIpc) is 3.19. The molecule has 0 bridgehead atoms. The fourth-order valence-corrected chi connectivity index (χ4v) is 4.91. The van der Waals surface area contributed by atoms with Crippen molar-refractivity contribution in [2.45, 2.75) is 25.3 Å². The van der Waals surface area contributed by atoms with Crippen molar-refractivity contribution in [3.05, 3.63) is 90.4 Å². The van der Waals surface area contributed by atoms with Gasteiger partial charge in [-0.1, -0.05) is 36.4 Å². The molecule has 0 aliphatic heterocycles. The maximum absolute atomic E-state index is 4.67. The molecule has 4 heteroatoms. The van der Waals surface area contributed by atoms with Gasteiger partial charge >= 0.3 is 0 Å². The van der Waals surface area contributed by atoms with Gasteiger partial charge in [-0.3, -0.25) is 9.97 Å². The second kappa shape index (κ2) is 7.24. The van der Waals surface area contributed by atoms with Gasteiger partial charge in [-0.15, -0.1) is 0 Å². The van der Waals surface area contributed by atoms with Crippen molar-refractivity contribution >= 4 is 27.6 Å². The quantitative estimate of drug-likeness (QED) is 0.385. The van der Waals surface area contributed by atoms with Crippen molar-refractivity contribution in [3.63, 3.8) is 0 Å². The van der Waals surface area contributed by atoms with Crippen LogP contribution in [0.25, 0.3) is 33.1 Å². The van der Waals surface area contributed by atoms with Crippen LogP contribution >= 0.6 is 0 Å². The first-order chi connectivity index (χ1) is 15.3. The summed E-state index contributed by atoms with van der Waals surface area (Å²) in [5.74, 6) is 0. The van der Waals surface area contributed by atoms with Crippen LogP contribution in [0.2, 0.25) is 0 Å². The Morgan fingerprint density at radius 2 is 1.87 bits per heavy atom. The van der Waals surface area contributed by atoms with Crippen LogP contribution < -0.4 is 5.32 Å². The van der Waals surface area contributed by atoms with Gasteiger partial charge in [0.1, 0.15) is 0 Å². The summed E-state index contributed by atoms with van der Waals surface area (Å²) < 4.78 is 2.16. The molecule has 0 amide bonds. The maximum atomic E-state index is 4.67. The zero-order valence-corrected chi connectivity index (χ0v) is 17.5. The van der Waals surface area contributed by atoms with E-state index in [4.69, 9.17) is 0 Å². The molecule has 1 atom stereocenters. The van der Waals surface area contributed by atoms with Crippen molar-refractivity contribution in [1.82, 2.24) is 14.5 Å². The summed E-state index contributed by atoms with van der Waals surface area (Å²) in [5, 5.41) is 5.06. The molecule has 2 aromatic heterocycles. The van der Waals surface area contributed by atoms with Crippen LogP contribution in [-0.4, -0.2) is 14.5 Å². The maximum Gasteiger partial charge on any atom is 0.0966 e. The number of aromatic nitrogens is 3. The van der Waals surface area contributed by atoms with E-state index in [2.05, 4.69) is 93.8 Å². The van der Waals surface area contributed by atoms with Crippen LogP contribution in [0, 0.1) is 0 Å². The number of benzene rings is 3. The first-order valence-electron chi connectivity index (χ1n) is 10.9. The summed E-state index contributed by atoms with van der Waals surface area (Å²) in [6, 6.07) is 22.3. The third-order valence-corrected chi connectivity index (χ3v) is 6.48. The van der Waals surface area contributed by atoms with Gasteiger partial charge in [0.05, 0.1) is 17.1 Å². The highest BCUT2D eigenvalue weighted by Gasteiger charge is 2.20. The Kier molecular flexibility index (Phi) is 4.23. The number of anilines is 1. The van der Waals surface area contributed by atoms with E-state index in [0.29, 0.717) is 6.04 Å². The Bertz CT molecular complexity index is 1420. The SMILES string of the molecule is Cn1ccc2ccc(-c3cc(N[C@@H]4CCCc5ccccc54)cc4nccnc34)cc21. The van der Waals surface area contributed by atoms with Crippen molar-refractivity contribution < 1.29 is 0 Å².